The molecule has 1 amide bonds. The summed E-state index contributed by atoms with van der Waals surface area (Å²) >= 11 is 1.31. The lowest BCUT2D eigenvalue weighted by Gasteiger charge is -2.12. The second-order valence-corrected chi connectivity index (χ2v) is 8.02. The fourth-order valence-corrected chi connectivity index (χ4v) is 3.85. The van der Waals surface area contributed by atoms with Crippen LogP contribution in [0.15, 0.2) is 64.9 Å². The van der Waals surface area contributed by atoms with Crippen LogP contribution in [0.4, 0.5) is 5.69 Å². The van der Waals surface area contributed by atoms with Gasteiger partial charge in [-0.1, -0.05) is 0 Å². The molecule has 0 spiro atoms. The summed E-state index contributed by atoms with van der Waals surface area (Å²) in [6.45, 7) is -0.423. The van der Waals surface area contributed by atoms with Crippen LogP contribution in [0.2, 0.25) is 0 Å². The zero-order chi connectivity index (χ0) is 24.8. The molecule has 0 atom stereocenters. The third-order valence-corrected chi connectivity index (χ3v) is 5.60. The zero-order valence-corrected chi connectivity index (χ0v) is 19.7. The van der Waals surface area contributed by atoms with Crippen LogP contribution < -0.4 is 25.1 Å². The minimum Gasteiger partial charge on any atom is -0.497 e. The Bertz CT molecular complexity index is 1410. The Balaban J connectivity index is 1.35. The summed E-state index contributed by atoms with van der Waals surface area (Å²) in [5.74, 6) is 0.225. The van der Waals surface area contributed by atoms with Crippen LogP contribution in [0.25, 0.3) is 4.96 Å². The number of methoxy groups -OCH3 is 2. The van der Waals surface area contributed by atoms with E-state index in [1.807, 2.05) is 0 Å². The molecule has 0 aliphatic heterocycles. The molecule has 1 N–H and O–H groups in total. The van der Waals surface area contributed by atoms with Gasteiger partial charge in [-0.15, -0.1) is 11.3 Å². The quantitative estimate of drug-likeness (QED) is 0.352. The first-order chi connectivity index (χ1) is 17.0. The smallest absolute Gasteiger partial charge is 0.338 e. The van der Waals surface area contributed by atoms with Crippen molar-refractivity contribution < 1.29 is 28.5 Å². The lowest BCUT2D eigenvalue weighted by Crippen LogP contribution is -2.20. The fourth-order valence-electron chi connectivity index (χ4n) is 3.11. The Morgan fingerprint density at radius 1 is 1.03 bits per heavy atom. The van der Waals surface area contributed by atoms with Crippen molar-refractivity contribution in [1.82, 2.24) is 9.38 Å². The summed E-state index contributed by atoms with van der Waals surface area (Å²) in [5.41, 5.74) is 0.910. The van der Waals surface area contributed by atoms with E-state index in [1.54, 1.807) is 43.0 Å². The molecule has 0 aliphatic rings. The Hall–Kier alpha value is -4.38. The van der Waals surface area contributed by atoms with Crippen molar-refractivity contribution in [3.05, 3.63) is 81.7 Å². The molecule has 2 aromatic carbocycles. The zero-order valence-electron chi connectivity index (χ0n) is 18.8. The largest absolute Gasteiger partial charge is 0.497 e. The van der Waals surface area contributed by atoms with E-state index in [-0.39, 0.29) is 41.7 Å². The number of nitrogens with one attached hydrogen (secondary N) is 1. The van der Waals surface area contributed by atoms with Crippen molar-refractivity contribution in [3.63, 3.8) is 0 Å². The van der Waals surface area contributed by atoms with Crippen molar-refractivity contribution in [3.8, 4) is 17.2 Å². The molecule has 0 saturated heterocycles. The van der Waals surface area contributed by atoms with Gasteiger partial charge < -0.3 is 24.3 Å². The highest BCUT2D eigenvalue weighted by Crippen LogP contribution is 2.28. The molecule has 180 valence electrons. The standard InChI is InChI=1S/C24H21N3O7S/c1-31-18-6-4-16(5-7-18)25-21(28)14-33-19-8-3-15(11-20(19)32-2)23(30)34-13-17-12-22(29)27-9-10-35-24(27)26-17/h3-12H,13-14H2,1-2H3,(H,25,28). The van der Waals surface area contributed by atoms with Crippen LogP contribution in [0.5, 0.6) is 17.2 Å². The van der Waals surface area contributed by atoms with E-state index >= 15 is 0 Å². The van der Waals surface area contributed by atoms with Gasteiger partial charge in [-0.3, -0.25) is 14.0 Å². The average molecular weight is 496 g/mol. The van der Waals surface area contributed by atoms with Gasteiger partial charge >= 0.3 is 5.97 Å². The number of rotatable bonds is 9. The van der Waals surface area contributed by atoms with E-state index in [2.05, 4.69) is 10.3 Å². The van der Waals surface area contributed by atoms with Gasteiger partial charge in [-0.2, -0.15) is 0 Å². The molecule has 10 nitrogen and oxygen atoms in total. The number of hydrogen-bond acceptors (Lipinski definition) is 9. The fraction of sp³-hybridized carbons (Fsp3) is 0.167. The van der Waals surface area contributed by atoms with Crippen LogP contribution in [0, 0.1) is 0 Å². The van der Waals surface area contributed by atoms with E-state index in [0.29, 0.717) is 22.1 Å². The minimum absolute atomic E-state index is 0.158. The third-order valence-electron chi connectivity index (χ3n) is 4.84. The predicted molar refractivity (Wildman–Crippen MR) is 129 cm³/mol. The van der Waals surface area contributed by atoms with Crippen molar-refractivity contribution in [2.75, 3.05) is 26.1 Å². The first kappa shape index (κ1) is 23.8. The van der Waals surface area contributed by atoms with Gasteiger partial charge in [0.2, 0.25) is 0 Å². The molecular weight excluding hydrogens is 474 g/mol. The predicted octanol–water partition coefficient (Wildman–Crippen LogP) is 3.15. The van der Waals surface area contributed by atoms with E-state index in [0.717, 1.165) is 0 Å². The van der Waals surface area contributed by atoms with Gasteiger partial charge in [-0.25, -0.2) is 9.78 Å². The second kappa shape index (κ2) is 10.7. The molecule has 4 rings (SSSR count). The molecule has 0 aliphatic carbocycles. The molecule has 2 aromatic heterocycles. The summed E-state index contributed by atoms with van der Waals surface area (Å²) in [6.07, 6.45) is 1.63. The monoisotopic (exact) mass is 495 g/mol. The van der Waals surface area contributed by atoms with Crippen molar-refractivity contribution in [2.24, 2.45) is 0 Å². The molecule has 0 unspecified atom stereocenters. The molecule has 11 heteroatoms. The number of anilines is 1. The maximum atomic E-state index is 12.5. The Kier molecular flexibility index (Phi) is 7.27. The van der Waals surface area contributed by atoms with Crippen LogP contribution in [0.1, 0.15) is 16.1 Å². The lowest BCUT2D eigenvalue weighted by molar-refractivity contribution is -0.118. The van der Waals surface area contributed by atoms with Gasteiger partial charge in [0.25, 0.3) is 11.5 Å². The second-order valence-electron chi connectivity index (χ2n) is 7.15. The van der Waals surface area contributed by atoms with Crippen molar-refractivity contribution in [1.29, 1.82) is 0 Å². The number of carbonyl (C=O) groups is 2. The van der Waals surface area contributed by atoms with Crippen LogP contribution in [-0.2, 0) is 16.1 Å². The van der Waals surface area contributed by atoms with E-state index in [4.69, 9.17) is 18.9 Å². The van der Waals surface area contributed by atoms with Gasteiger partial charge in [0.15, 0.2) is 23.1 Å². The molecule has 0 radical (unpaired) electrons. The third kappa shape index (κ3) is 5.76. The molecular formula is C24H21N3O7S. The van der Waals surface area contributed by atoms with E-state index in [9.17, 15) is 14.4 Å². The first-order valence-electron chi connectivity index (χ1n) is 10.3. The summed E-state index contributed by atoms with van der Waals surface area (Å²) in [7, 11) is 2.98. The molecule has 0 fully saturated rings. The number of esters is 1. The molecule has 4 aromatic rings. The molecule has 0 saturated carbocycles. The normalized spacial score (nSPS) is 10.6. The first-order valence-corrected chi connectivity index (χ1v) is 11.2. The highest BCUT2D eigenvalue weighted by molar-refractivity contribution is 7.15. The Morgan fingerprint density at radius 2 is 1.83 bits per heavy atom. The summed E-state index contributed by atoms with van der Waals surface area (Å²) in [6, 6.07) is 12.7. The summed E-state index contributed by atoms with van der Waals surface area (Å²) < 4.78 is 22.7. The van der Waals surface area contributed by atoms with Crippen LogP contribution in [0.3, 0.4) is 0 Å². The van der Waals surface area contributed by atoms with Gasteiger partial charge in [0, 0.05) is 23.3 Å². The maximum absolute atomic E-state index is 12.5. The van der Waals surface area contributed by atoms with Gasteiger partial charge in [0.1, 0.15) is 12.4 Å². The number of carbonyl (C=O) groups excluding carboxylic acids is 2. The number of hydrogen-bond donors (Lipinski definition) is 1. The van der Waals surface area contributed by atoms with E-state index < -0.39 is 5.97 Å². The Labute approximate surface area is 203 Å². The molecule has 2 heterocycles. The SMILES string of the molecule is COc1ccc(NC(=O)COc2ccc(C(=O)OCc3cc(=O)n4ccsc4n3)cc2OC)cc1. The average Bonchev–Trinajstić information content (AvgIpc) is 3.36. The highest BCUT2D eigenvalue weighted by Gasteiger charge is 2.15. The van der Waals surface area contributed by atoms with E-state index in [1.165, 1.54) is 47.1 Å². The van der Waals surface area contributed by atoms with Gasteiger partial charge in [0.05, 0.1) is 25.5 Å². The maximum Gasteiger partial charge on any atom is 0.338 e. The number of fused-ring (bicyclic) bond motifs is 1. The summed E-state index contributed by atoms with van der Waals surface area (Å²) in [4.78, 5) is 41.6. The lowest BCUT2D eigenvalue weighted by atomic mass is 10.2. The molecule has 0 bridgehead atoms. The van der Waals surface area contributed by atoms with Crippen molar-refractivity contribution >= 4 is 33.9 Å². The topological polar surface area (TPSA) is 117 Å². The number of thiazole rings is 1. The van der Waals surface area contributed by atoms with Gasteiger partial charge in [-0.05, 0) is 42.5 Å². The van der Waals surface area contributed by atoms with Crippen LogP contribution in [-0.4, -0.2) is 42.1 Å². The highest BCUT2D eigenvalue weighted by atomic mass is 32.1. The Morgan fingerprint density at radius 3 is 2.57 bits per heavy atom. The van der Waals surface area contributed by atoms with Crippen molar-refractivity contribution in [2.45, 2.75) is 6.61 Å². The number of benzene rings is 2. The number of aromatic nitrogens is 2. The number of nitrogens with zero attached hydrogens (tertiary/aromatic N) is 2. The minimum atomic E-state index is -0.625. The van der Waals surface area contributed by atoms with Crippen LogP contribution >= 0.6 is 11.3 Å². The molecule has 35 heavy (non-hydrogen) atoms. The number of ether oxygens (including phenoxy) is 4. The summed E-state index contributed by atoms with van der Waals surface area (Å²) in [5, 5.41) is 4.46. The number of amides is 1.